The first-order chi connectivity index (χ1) is 9.55. The Morgan fingerprint density at radius 3 is 2.60 bits per heavy atom. The Labute approximate surface area is 117 Å². The van der Waals surface area contributed by atoms with Crippen molar-refractivity contribution in [3.63, 3.8) is 0 Å². The predicted octanol–water partition coefficient (Wildman–Crippen LogP) is 3.44. The van der Waals surface area contributed by atoms with Gasteiger partial charge in [0.1, 0.15) is 5.75 Å². The number of nitrogens with one attached hydrogen (secondary N) is 1. The lowest BCUT2D eigenvalue weighted by molar-refractivity contribution is -0.144. The minimum Gasteiger partial charge on any atom is -0.494 e. The van der Waals surface area contributed by atoms with Gasteiger partial charge in [-0.05, 0) is 18.6 Å². The number of benzene rings is 1. The maximum atomic E-state index is 12.3. The molecule has 0 atom stereocenters. The maximum Gasteiger partial charge on any atom is 0.452 e. The number of rotatable bonds is 6. The molecule has 108 valence electrons. The summed E-state index contributed by atoms with van der Waals surface area (Å²) in [6.07, 6.45) is -3.84. The topological polar surface area (TPSA) is 47.0 Å². The van der Waals surface area contributed by atoms with Crippen molar-refractivity contribution in [3.8, 4) is 5.75 Å². The van der Waals surface area contributed by atoms with Gasteiger partial charge in [-0.1, -0.05) is 18.2 Å². The third kappa shape index (κ3) is 4.37. The van der Waals surface area contributed by atoms with E-state index in [4.69, 9.17) is 4.74 Å². The first-order valence-corrected chi connectivity index (χ1v) is 6.65. The monoisotopic (exact) mass is 303 g/mol. The van der Waals surface area contributed by atoms with E-state index in [2.05, 4.69) is 14.7 Å². The average molecular weight is 303 g/mol. The van der Waals surface area contributed by atoms with Gasteiger partial charge in [0.25, 0.3) is 0 Å². The Morgan fingerprint density at radius 1 is 1.20 bits per heavy atom. The molecule has 0 unspecified atom stereocenters. The summed E-state index contributed by atoms with van der Waals surface area (Å²) in [5.74, 6) is -0.340. The Bertz CT molecular complexity index is 530. The van der Waals surface area contributed by atoms with Crippen LogP contribution in [0.25, 0.3) is 0 Å². The van der Waals surface area contributed by atoms with Crippen LogP contribution >= 0.6 is 11.5 Å². The molecule has 20 heavy (non-hydrogen) atoms. The highest BCUT2D eigenvalue weighted by molar-refractivity contribution is 7.09. The van der Waals surface area contributed by atoms with E-state index in [1.54, 1.807) is 0 Å². The van der Waals surface area contributed by atoms with Crippen LogP contribution in [-0.4, -0.2) is 22.5 Å². The first-order valence-electron chi connectivity index (χ1n) is 5.88. The summed E-state index contributed by atoms with van der Waals surface area (Å²) in [6.45, 7) is 0.946. The fourth-order valence-electron chi connectivity index (χ4n) is 1.38. The van der Waals surface area contributed by atoms with Crippen LogP contribution in [0.2, 0.25) is 0 Å². The summed E-state index contributed by atoms with van der Waals surface area (Å²) >= 11 is 0.698. The van der Waals surface area contributed by atoms with Crippen molar-refractivity contribution in [3.05, 3.63) is 36.2 Å². The van der Waals surface area contributed by atoms with Crippen LogP contribution in [0.1, 0.15) is 12.2 Å². The third-order valence-electron chi connectivity index (χ3n) is 2.29. The van der Waals surface area contributed by atoms with Crippen LogP contribution in [0.15, 0.2) is 30.3 Å². The quantitative estimate of drug-likeness (QED) is 0.830. The SMILES string of the molecule is FC(F)(F)c1nsc(NCCCOc2ccccc2)n1. The summed E-state index contributed by atoms with van der Waals surface area (Å²) in [5, 5.41) is 2.95. The van der Waals surface area contributed by atoms with Gasteiger partial charge in [0.15, 0.2) is 0 Å². The largest absolute Gasteiger partial charge is 0.494 e. The first kappa shape index (κ1) is 14.6. The zero-order chi connectivity index (χ0) is 14.4. The van der Waals surface area contributed by atoms with E-state index in [1.807, 2.05) is 30.3 Å². The minimum atomic E-state index is -4.49. The molecule has 2 rings (SSSR count). The summed E-state index contributed by atoms with van der Waals surface area (Å²) in [6, 6.07) is 9.31. The van der Waals surface area contributed by atoms with Crippen LogP contribution in [0.5, 0.6) is 5.75 Å². The Morgan fingerprint density at radius 2 is 1.95 bits per heavy atom. The average Bonchev–Trinajstić information content (AvgIpc) is 2.88. The lowest BCUT2D eigenvalue weighted by Gasteiger charge is -2.06. The van der Waals surface area contributed by atoms with Gasteiger partial charge >= 0.3 is 6.18 Å². The molecule has 1 N–H and O–H groups in total. The standard InChI is InChI=1S/C12H12F3N3OS/c13-12(14,15)10-17-11(20-18-10)16-7-4-8-19-9-5-2-1-3-6-9/h1-3,5-6H,4,7-8H2,(H,16,17,18). The second-order valence-electron chi connectivity index (χ2n) is 3.86. The Kier molecular flexibility index (Phi) is 4.78. The molecule has 1 heterocycles. The van der Waals surface area contributed by atoms with Crippen LogP contribution in [0.3, 0.4) is 0 Å². The van der Waals surface area contributed by atoms with E-state index in [0.29, 0.717) is 31.1 Å². The molecule has 8 heteroatoms. The van der Waals surface area contributed by atoms with E-state index in [-0.39, 0.29) is 5.13 Å². The van der Waals surface area contributed by atoms with Crippen LogP contribution in [-0.2, 0) is 6.18 Å². The highest BCUT2D eigenvalue weighted by atomic mass is 32.1. The highest BCUT2D eigenvalue weighted by Gasteiger charge is 2.36. The lowest BCUT2D eigenvalue weighted by Crippen LogP contribution is -2.09. The molecule has 0 bridgehead atoms. The van der Waals surface area contributed by atoms with Gasteiger partial charge in [-0.25, -0.2) is 0 Å². The molecule has 0 spiro atoms. The van der Waals surface area contributed by atoms with Crippen molar-refractivity contribution < 1.29 is 17.9 Å². The maximum absolute atomic E-state index is 12.3. The molecule has 0 aliphatic heterocycles. The Balaban J connectivity index is 1.67. The van der Waals surface area contributed by atoms with Crippen molar-refractivity contribution in [2.45, 2.75) is 12.6 Å². The van der Waals surface area contributed by atoms with Crippen molar-refractivity contribution >= 4 is 16.7 Å². The lowest BCUT2D eigenvalue weighted by atomic mass is 10.3. The van der Waals surface area contributed by atoms with Crippen LogP contribution < -0.4 is 10.1 Å². The number of hydrogen-bond donors (Lipinski definition) is 1. The number of ether oxygens (including phenoxy) is 1. The fraction of sp³-hybridized carbons (Fsp3) is 0.333. The normalized spacial score (nSPS) is 11.3. The van der Waals surface area contributed by atoms with E-state index < -0.39 is 12.0 Å². The van der Waals surface area contributed by atoms with Gasteiger partial charge < -0.3 is 10.1 Å². The number of aromatic nitrogens is 2. The predicted molar refractivity (Wildman–Crippen MR) is 70.0 cm³/mol. The van der Waals surface area contributed by atoms with Crippen molar-refractivity contribution in [2.75, 3.05) is 18.5 Å². The van der Waals surface area contributed by atoms with Gasteiger partial charge in [-0.15, -0.1) is 0 Å². The van der Waals surface area contributed by atoms with E-state index in [9.17, 15) is 13.2 Å². The summed E-state index contributed by atoms with van der Waals surface area (Å²) in [5.41, 5.74) is 0. The molecule has 0 saturated heterocycles. The van der Waals surface area contributed by atoms with Gasteiger partial charge in [-0.3, -0.25) is 0 Å². The molecule has 0 saturated carbocycles. The number of hydrogen-bond acceptors (Lipinski definition) is 5. The zero-order valence-electron chi connectivity index (χ0n) is 10.4. The molecule has 0 radical (unpaired) electrons. The number of para-hydroxylation sites is 1. The van der Waals surface area contributed by atoms with E-state index in [0.717, 1.165) is 5.75 Å². The van der Waals surface area contributed by atoms with Gasteiger partial charge in [-0.2, -0.15) is 22.5 Å². The smallest absolute Gasteiger partial charge is 0.452 e. The van der Waals surface area contributed by atoms with E-state index >= 15 is 0 Å². The second-order valence-corrected chi connectivity index (χ2v) is 4.61. The molecule has 0 amide bonds. The summed E-state index contributed by atoms with van der Waals surface area (Å²) in [7, 11) is 0. The fourth-order valence-corrected chi connectivity index (χ4v) is 2.00. The van der Waals surface area contributed by atoms with Crippen molar-refractivity contribution in [1.82, 2.24) is 9.36 Å². The van der Waals surface area contributed by atoms with Crippen molar-refractivity contribution in [1.29, 1.82) is 0 Å². The number of nitrogens with zero attached hydrogens (tertiary/aromatic N) is 2. The van der Waals surface area contributed by atoms with Gasteiger partial charge in [0.2, 0.25) is 11.0 Å². The molecule has 0 aliphatic rings. The number of alkyl halides is 3. The second kappa shape index (κ2) is 6.56. The van der Waals surface area contributed by atoms with Crippen LogP contribution in [0, 0.1) is 0 Å². The molecule has 4 nitrogen and oxygen atoms in total. The summed E-state index contributed by atoms with van der Waals surface area (Å²) in [4.78, 5) is 3.37. The number of halogens is 3. The van der Waals surface area contributed by atoms with Crippen LogP contribution in [0.4, 0.5) is 18.3 Å². The van der Waals surface area contributed by atoms with Gasteiger partial charge in [0, 0.05) is 18.1 Å². The molecular formula is C12H12F3N3OS. The summed E-state index contributed by atoms with van der Waals surface area (Å²) < 4.78 is 45.5. The van der Waals surface area contributed by atoms with Gasteiger partial charge in [0.05, 0.1) is 6.61 Å². The van der Waals surface area contributed by atoms with E-state index in [1.165, 1.54) is 0 Å². The number of anilines is 1. The third-order valence-corrected chi connectivity index (χ3v) is 2.96. The molecule has 1 aromatic carbocycles. The molecule has 2 aromatic rings. The van der Waals surface area contributed by atoms with Crippen molar-refractivity contribution in [2.24, 2.45) is 0 Å². The highest BCUT2D eigenvalue weighted by Crippen LogP contribution is 2.28. The molecular weight excluding hydrogens is 291 g/mol. The molecule has 0 fully saturated rings. The Hall–Kier alpha value is -1.83. The zero-order valence-corrected chi connectivity index (χ0v) is 11.2. The molecule has 0 aliphatic carbocycles. The minimum absolute atomic E-state index is 0.164. The molecule has 1 aromatic heterocycles.